The Morgan fingerprint density at radius 2 is 2.16 bits per heavy atom. The van der Waals surface area contributed by atoms with Crippen LogP contribution in [0.1, 0.15) is 0 Å². The summed E-state index contributed by atoms with van der Waals surface area (Å²) in [6.07, 6.45) is 0. The number of carboxylic acid groups (broad SMARTS) is 1. The second-order valence-electron chi connectivity index (χ2n) is 3.42. The number of halogens is 2. The van der Waals surface area contributed by atoms with E-state index in [1.165, 1.54) is 6.07 Å². The van der Waals surface area contributed by atoms with Crippen LogP contribution in [0, 0.1) is 5.82 Å². The summed E-state index contributed by atoms with van der Waals surface area (Å²) in [7, 11) is -3.98. The van der Waals surface area contributed by atoms with E-state index in [1.807, 2.05) is 0 Å². The zero-order valence-corrected chi connectivity index (χ0v) is 12.0. The number of carbonyl (C=O) groups is 1. The Morgan fingerprint density at radius 1 is 1.47 bits per heavy atom. The van der Waals surface area contributed by atoms with Crippen molar-refractivity contribution < 1.29 is 27.4 Å². The van der Waals surface area contributed by atoms with E-state index in [2.05, 4.69) is 25.4 Å². The van der Waals surface area contributed by atoms with Gasteiger partial charge in [-0.05, 0) is 18.2 Å². The second kappa shape index (κ2) is 6.94. The van der Waals surface area contributed by atoms with Crippen molar-refractivity contribution in [1.82, 2.24) is 4.72 Å². The maximum atomic E-state index is 13.5. The molecule has 0 unspecified atom stereocenters. The predicted octanol–water partition coefficient (Wildman–Crippen LogP) is 0.968. The molecule has 0 radical (unpaired) electrons. The summed E-state index contributed by atoms with van der Waals surface area (Å²) >= 11 is 3.02. The van der Waals surface area contributed by atoms with E-state index in [0.717, 1.165) is 12.1 Å². The van der Waals surface area contributed by atoms with E-state index in [-0.39, 0.29) is 13.2 Å². The summed E-state index contributed by atoms with van der Waals surface area (Å²) in [4.78, 5) is 9.66. The molecule has 19 heavy (non-hydrogen) atoms. The van der Waals surface area contributed by atoms with Crippen LogP contribution in [0.3, 0.4) is 0 Å². The van der Waals surface area contributed by atoms with Crippen LogP contribution >= 0.6 is 15.9 Å². The summed E-state index contributed by atoms with van der Waals surface area (Å²) in [6, 6.07) is 3.56. The van der Waals surface area contributed by atoms with Gasteiger partial charge < -0.3 is 9.84 Å². The lowest BCUT2D eigenvalue weighted by Crippen LogP contribution is -2.28. The van der Waals surface area contributed by atoms with Gasteiger partial charge in [-0.1, -0.05) is 15.9 Å². The normalized spacial score (nSPS) is 11.5. The van der Waals surface area contributed by atoms with E-state index in [4.69, 9.17) is 5.11 Å². The van der Waals surface area contributed by atoms with Gasteiger partial charge in [0, 0.05) is 11.0 Å². The maximum absolute atomic E-state index is 13.5. The fourth-order valence-corrected chi connectivity index (χ4v) is 2.58. The number of rotatable bonds is 7. The highest BCUT2D eigenvalue weighted by Gasteiger charge is 2.18. The molecule has 9 heteroatoms. The molecule has 0 aliphatic rings. The average Bonchev–Trinajstić information content (AvgIpc) is 2.27. The van der Waals surface area contributed by atoms with Crippen LogP contribution in [-0.2, 0) is 19.6 Å². The predicted molar refractivity (Wildman–Crippen MR) is 67.7 cm³/mol. The molecular formula is C10H11BrFNO5S. The van der Waals surface area contributed by atoms with Crippen molar-refractivity contribution in [2.45, 2.75) is 4.90 Å². The highest BCUT2D eigenvalue weighted by Crippen LogP contribution is 2.18. The first-order chi connectivity index (χ1) is 8.83. The molecule has 0 spiro atoms. The molecule has 0 saturated heterocycles. The van der Waals surface area contributed by atoms with Crippen molar-refractivity contribution in [3.05, 3.63) is 28.5 Å². The first-order valence-electron chi connectivity index (χ1n) is 5.07. The molecule has 0 heterocycles. The van der Waals surface area contributed by atoms with Gasteiger partial charge in [0.15, 0.2) is 0 Å². The molecule has 0 aliphatic carbocycles. The van der Waals surface area contributed by atoms with Gasteiger partial charge in [-0.3, -0.25) is 0 Å². The molecule has 1 aromatic carbocycles. The number of ether oxygens (including phenoxy) is 1. The molecule has 0 saturated carbocycles. The van der Waals surface area contributed by atoms with Crippen LogP contribution in [0.25, 0.3) is 0 Å². The van der Waals surface area contributed by atoms with Gasteiger partial charge in [0.2, 0.25) is 10.0 Å². The molecule has 0 aliphatic heterocycles. The van der Waals surface area contributed by atoms with Crippen LogP contribution in [0.5, 0.6) is 0 Å². The highest BCUT2D eigenvalue weighted by molar-refractivity contribution is 9.10. The number of hydrogen-bond donors (Lipinski definition) is 2. The third kappa shape index (κ3) is 5.23. The maximum Gasteiger partial charge on any atom is 0.329 e. The molecule has 1 aromatic rings. The van der Waals surface area contributed by atoms with Crippen LogP contribution in [0.15, 0.2) is 27.6 Å². The minimum atomic E-state index is -3.98. The van der Waals surface area contributed by atoms with Crippen LogP contribution < -0.4 is 4.72 Å². The lowest BCUT2D eigenvalue weighted by Gasteiger charge is -2.07. The molecule has 1 rings (SSSR count). The van der Waals surface area contributed by atoms with Crippen LogP contribution in [0.2, 0.25) is 0 Å². The number of nitrogens with one attached hydrogen (secondary N) is 1. The molecule has 2 N–H and O–H groups in total. The van der Waals surface area contributed by atoms with E-state index in [1.54, 1.807) is 0 Å². The Kier molecular flexibility index (Phi) is 5.85. The third-order valence-corrected chi connectivity index (χ3v) is 3.93. The molecule has 0 atom stereocenters. The standard InChI is InChI=1S/C10H11BrFNO5S/c11-7-1-2-9(8(12)5-7)19(16,17)13-3-4-18-6-10(14)15/h1-2,5,13H,3-4,6H2,(H,14,15). The Balaban J connectivity index is 2.59. The molecular weight excluding hydrogens is 345 g/mol. The zero-order valence-electron chi connectivity index (χ0n) is 9.60. The minimum Gasteiger partial charge on any atom is -0.480 e. The Bertz CT molecular complexity index is 563. The number of aliphatic carboxylic acids is 1. The van der Waals surface area contributed by atoms with Gasteiger partial charge in [-0.25, -0.2) is 22.3 Å². The minimum absolute atomic E-state index is 0.121. The fraction of sp³-hybridized carbons (Fsp3) is 0.300. The van der Waals surface area contributed by atoms with E-state index in [0.29, 0.717) is 4.47 Å². The number of sulfonamides is 1. The summed E-state index contributed by atoms with van der Waals surface area (Å²) < 4.78 is 44.1. The lowest BCUT2D eigenvalue weighted by molar-refractivity contribution is -0.142. The van der Waals surface area contributed by atoms with Gasteiger partial charge in [-0.2, -0.15) is 0 Å². The molecule has 0 amide bonds. The van der Waals surface area contributed by atoms with Crippen molar-refractivity contribution in [2.24, 2.45) is 0 Å². The smallest absolute Gasteiger partial charge is 0.329 e. The van der Waals surface area contributed by atoms with E-state index >= 15 is 0 Å². The fourth-order valence-electron chi connectivity index (χ4n) is 1.18. The second-order valence-corrected chi connectivity index (χ2v) is 6.07. The topological polar surface area (TPSA) is 92.7 Å². The summed E-state index contributed by atoms with van der Waals surface area (Å²) in [5.74, 6) is -2.03. The highest BCUT2D eigenvalue weighted by atomic mass is 79.9. The lowest BCUT2D eigenvalue weighted by atomic mass is 10.3. The number of carboxylic acids is 1. The molecule has 106 valence electrons. The number of hydrogen-bond acceptors (Lipinski definition) is 4. The zero-order chi connectivity index (χ0) is 14.5. The van der Waals surface area contributed by atoms with Crippen LogP contribution in [0.4, 0.5) is 4.39 Å². The van der Waals surface area contributed by atoms with Crippen molar-refractivity contribution in [3.63, 3.8) is 0 Å². The van der Waals surface area contributed by atoms with Crippen molar-refractivity contribution in [1.29, 1.82) is 0 Å². The monoisotopic (exact) mass is 355 g/mol. The van der Waals surface area contributed by atoms with Gasteiger partial charge in [0.25, 0.3) is 0 Å². The molecule has 0 aromatic heterocycles. The number of benzene rings is 1. The summed E-state index contributed by atoms with van der Waals surface area (Å²) in [5.41, 5.74) is 0. The molecule has 0 bridgehead atoms. The third-order valence-electron chi connectivity index (χ3n) is 1.95. The van der Waals surface area contributed by atoms with Gasteiger partial charge in [0.1, 0.15) is 17.3 Å². The quantitative estimate of drug-likeness (QED) is 0.711. The van der Waals surface area contributed by atoms with Crippen molar-refractivity contribution in [3.8, 4) is 0 Å². The van der Waals surface area contributed by atoms with Gasteiger partial charge >= 0.3 is 5.97 Å². The summed E-state index contributed by atoms with van der Waals surface area (Å²) in [6.45, 7) is -0.789. The SMILES string of the molecule is O=C(O)COCCNS(=O)(=O)c1ccc(Br)cc1F. The largest absolute Gasteiger partial charge is 0.480 e. The Morgan fingerprint density at radius 3 is 2.74 bits per heavy atom. The van der Waals surface area contributed by atoms with Crippen molar-refractivity contribution in [2.75, 3.05) is 19.8 Å². The van der Waals surface area contributed by atoms with E-state index < -0.39 is 33.3 Å². The van der Waals surface area contributed by atoms with Crippen molar-refractivity contribution >= 4 is 31.9 Å². The first-order valence-corrected chi connectivity index (χ1v) is 7.35. The summed E-state index contributed by atoms with van der Waals surface area (Å²) in [5, 5.41) is 8.30. The Hall–Kier alpha value is -1.03. The van der Waals surface area contributed by atoms with Crippen LogP contribution in [-0.4, -0.2) is 39.3 Å². The van der Waals surface area contributed by atoms with Gasteiger partial charge in [-0.15, -0.1) is 0 Å². The molecule has 6 nitrogen and oxygen atoms in total. The Labute approximate surface area is 117 Å². The molecule has 0 fully saturated rings. The van der Waals surface area contributed by atoms with Gasteiger partial charge in [0.05, 0.1) is 6.61 Å². The average molecular weight is 356 g/mol. The van der Waals surface area contributed by atoms with E-state index in [9.17, 15) is 17.6 Å². The first kappa shape index (κ1) is 16.0.